The minimum atomic E-state index is -3.50. The number of hydrogen-bond donors (Lipinski definition) is 0. The van der Waals surface area contributed by atoms with Crippen LogP contribution in [0.2, 0.25) is 0 Å². The molecule has 3 atom stereocenters. The number of carbonyl (C=O) groups is 1. The predicted molar refractivity (Wildman–Crippen MR) is 93.7 cm³/mol. The molecule has 0 aromatic heterocycles. The zero-order chi connectivity index (χ0) is 17.5. The minimum absolute atomic E-state index is 0.109. The Balaban J connectivity index is 1.84. The SMILES string of the molecule is CCc1cc(OS(C)(=O)=O)ccc1[C@H]1CC[C@]2(C)C(=O)CC[C@H]2C1. The van der Waals surface area contributed by atoms with Gasteiger partial charge in [-0.1, -0.05) is 19.9 Å². The highest BCUT2D eigenvalue weighted by Crippen LogP contribution is 2.54. The minimum Gasteiger partial charge on any atom is -0.383 e. The molecule has 4 nitrogen and oxygen atoms in total. The molecule has 1 aromatic carbocycles. The Morgan fingerprint density at radius 1 is 1.29 bits per heavy atom. The number of rotatable bonds is 4. The third kappa shape index (κ3) is 3.23. The first-order valence-corrected chi connectivity index (χ1v) is 10.6. The van der Waals surface area contributed by atoms with Crippen molar-refractivity contribution in [3.63, 3.8) is 0 Å². The van der Waals surface area contributed by atoms with Crippen LogP contribution < -0.4 is 4.18 Å². The molecule has 0 radical (unpaired) electrons. The van der Waals surface area contributed by atoms with E-state index in [1.54, 1.807) is 6.07 Å². The largest absolute Gasteiger partial charge is 0.383 e. The van der Waals surface area contributed by atoms with Crippen LogP contribution in [0, 0.1) is 11.3 Å². The van der Waals surface area contributed by atoms with E-state index < -0.39 is 10.1 Å². The molecule has 1 aromatic rings. The van der Waals surface area contributed by atoms with Crippen molar-refractivity contribution in [2.24, 2.45) is 11.3 Å². The van der Waals surface area contributed by atoms with Crippen molar-refractivity contribution in [1.29, 1.82) is 0 Å². The van der Waals surface area contributed by atoms with E-state index in [1.165, 1.54) is 5.56 Å². The van der Waals surface area contributed by atoms with Gasteiger partial charge in [-0.2, -0.15) is 8.42 Å². The van der Waals surface area contributed by atoms with Crippen molar-refractivity contribution >= 4 is 15.9 Å². The monoisotopic (exact) mass is 350 g/mol. The lowest BCUT2D eigenvalue weighted by Gasteiger charge is -2.39. The summed E-state index contributed by atoms with van der Waals surface area (Å²) < 4.78 is 27.7. The number of ketones is 1. The van der Waals surface area contributed by atoms with E-state index in [9.17, 15) is 13.2 Å². The fraction of sp³-hybridized carbons (Fsp3) is 0.632. The van der Waals surface area contributed by atoms with E-state index in [4.69, 9.17) is 4.18 Å². The molecule has 24 heavy (non-hydrogen) atoms. The number of benzene rings is 1. The normalized spacial score (nSPS) is 30.2. The lowest BCUT2D eigenvalue weighted by Crippen LogP contribution is -2.34. The Bertz CT molecular complexity index is 753. The van der Waals surface area contributed by atoms with E-state index in [2.05, 4.69) is 13.8 Å². The number of fused-ring (bicyclic) bond motifs is 1. The summed E-state index contributed by atoms with van der Waals surface area (Å²) in [5.41, 5.74) is 2.33. The van der Waals surface area contributed by atoms with Gasteiger partial charge in [0, 0.05) is 11.8 Å². The van der Waals surface area contributed by atoms with Gasteiger partial charge in [-0.15, -0.1) is 0 Å². The van der Waals surface area contributed by atoms with Crippen LogP contribution >= 0.6 is 0 Å². The van der Waals surface area contributed by atoms with Gasteiger partial charge in [0.2, 0.25) is 0 Å². The van der Waals surface area contributed by atoms with Gasteiger partial charge in [0.25, 0.3) is 0 Å². The summed E-state index contributed by atoms with van der Waals surface area (Å²) in [5.74, 6) is 1.77. The van der Waals surface area contributed by atoms with Crippen molar-refractivity contribution in [2.75, 3.05) is 6.26 Å². The molecule has 0 unspecified atom stereocenters. The zero-order valence-corrected chi connectivity index (χ0v) is 15.5. The lowest BCUT2D eigenvalue weighted by molar-refractivity contribution is -0.127. The summed E-state index contributed by atoms with van der Waals surface area (Å²) in [6.07, 6.45) is 6.70. The second-order valence-electron chi connectivity index (χ2n) is 7.55. The van der Waals surface area contributed by atoms with Gasteiger partial charge in [0.1, 0.15) is 11.5 Å². The summed E-state index contributed by atoms with van der Waals surface area (Å²) >= 11 is 0. The molecule has 0 N–H and O–H groups in total. The van der Waals surface area contributed by atoms with E-state index in [0.717, 1.165) is 50.3 Å². The summed E-state index contributed by atoms with van der Waals surface area (Å²) in [7, 11) is -3.50. The van der Waals surface area contributed by atoms with E-state index in [0.29, 0.717) is 23.4 Å². The molecule has 5 heteroatoms. The first-order valence-electron chi connectivity index (χ1n) is 8.78. The fourth-order valence-electron chi connectivity index (χ4n) is 4.59. The Hall–Kier alpha value is -1.36. The first kappa shape index (κ1) is 17.5. The highest BCUT2D eigenvalue weighted by Gasteiger charge is 2.49. The first-order chi connectivity index (χ1) is 11.2. The van der Waals surface area contributed by atoms with Crippen LogP contribution in [0.5, 0.6) is 5.75 Å². The molecule has 132 valence electrons. The molecular formula is C19H26O4S. The van der Waals surface area contributed by atoms with Gasteiger partial charge in [-0.05, 0) is 67.2 Å². The third-order valence-corrected chi connectivity index (χ3v) is 6.52. The average molecular weight is 350 g/mol. The fourth-order valence-corrected chi connectivity index (χ4v) is 5.04. The summed E-state index contributed by atoms with van der Waals surface area (Å²) in [4.78, 5) is 12.2. The standard InChI is InChI=1S/C19H26O4S/c1-4-13-12-16(23-24(3,21)22)6-7-17(13)14-9-10-19(2)15(11-14)5-8-18(19)20/h6-7,12,14-15H,4-5,8-11H2,1-3H3/t14-,15-,19-/m0/s1. The van der Waals surface area contributed by atoms with Crippen LogP contribution in [0.15, 0.2) is 18.2 Å². The summed E-state index contributed by atoms with van der Waals surface area (Å²) in [6.45, 7) is 4.22. The number of aryl methyl sites for hydroxylation is 1. The predicted octanol–water partition coefficient (Wildman–Crippen LogP) is 3.84. The molecule has 2 aliphatic rings. The van der Waals surface area contributed by atoms with Crippen molar-refractivity contribution < 1.29 is 17.4 Å². The van der Waals surface area contributed by atoms with Gasteiger partial charge in [-0.25, -0.2) is 0 Å². The number of carbonyl (C=O) groups excluding carboxylic acids is 1. The highest BCUT2D eigenvalue weighted by molar-refractivity contribution is 7.86. The maximum atomic E-state index is 12.2. The Labute approximate surface area is 144 Å². The topological polar surface area (TPSA) is 60.4 Å². The van der Waals surface area contributed by atoms with Crippen molar-refractivity contribution in [3.05, 3.63) is 29.3 Å². The maximum Gasteiger partial charge on any atom is 0.306 e. The highest BCUT2D eigenvalue weighted by atomic mass is 32.2. The quantitative estimate of drug-likeness (QED) is 0.774. The molecule has 2 saturated carbocycles. The maximum absolute atomic E-state index is 12.2. The molecule has 0 saturated heterocycles. The molecule has 0 bridgehead atoms. The number of Topliss-reactive ketones (excluding diaryl/α,β-unsaturated/α-hetero) is 1. The van der Waals surface area contributed by atoms with Crippen molar-refractivity contribution in [3.8, 4) is 5.75 Å². The average Bonchev–Trinajstić information content (AvgIpc) is 2.80. The van der Waals surface area contributed by atoms with Crippen LogP contribution in [0.4, 0.5) is 0 Å². The molecule has 2 fully saturated rings. The summed E-state index contributed by atoms with van der Waals surface area (Å²) in [6, 6.07) is 5.62. The van der Waals surface area contributed by atoms with Gasteiger partial charge in [-0.3, -0.25) is 4.79 Å². The Morgan fingerprint density at radius 3 is 2.71 bits per heavy atom. The van der Waals surface area contributed by atoms with Crippen LogP contribution in [0.25, 0.3) is 0 Å². The molecule has 2 aliphatic carbocycles. The molecule has 3 rings (SSSR count). The molecule has 0 aliphatic heterocycles. The van der Waals surface area contributed by atoms with Crippen molar-refractivity contribution in [2.45, 2.75) is 58.3 Å². The van der Waals surface area contributed by atoms with E-state index in [-0.39, 0.29) is 5.41 Å². The van der Waals surface area contributed by atoms with Crippen LogP contribution in [-0.2, 0) is 21.3 Å². The van der Waals surface area contributed by atoms with Gasteiger partial charge < -0.3 is 4.18 Å². The summed E-state index contributed by atoms with van der Waals surface area (Å²) in [5, 5.41) is 0. The van der Waals surface area contributed by atoms with E-state index >= 15 is 0 Å². The molecular weight excluding hydrogens is 324 g/mol. The van der Waals surface area contributed by atoms with Crippen molar-refractivity contribution in [1.82, 2.24) is 0 Å². The smallest absolute Gasteiger partial charge is 0.306 e. The second-order valence-corrected chi connectivity index (χ2v) is 9.12. The molecule has 0 heterocycles. The van der Waals surface area contributed by atoms with Gasteiger partial charge in [0.15, 0.2) is 0 Å². The third-order valence-electron chi connectivity index (χ3n) is 6.02. The van der Waals surface area contributed by atoms with Gasteiger partial charge >= 0.3 is 10.1 Å². The van der Waals surface area contributed by atoms with Crippen LogP contribution in [-0.4, -0.2) is 20.5 Å². The van der Waals surface area contributed by atoms with E-state index in [1.807, 2.05) is 12.1 Å². The zero-order valence-electron chi connectivity index (χ0n) is 14.7. The Kier molecular flexibility index (Phi) is 4.49. The second kappa shape index (κ2) is 6.17. The number of hydrogen-bond acceptors (Lipinski definition) is 4. The molecule has 0 spiro atoms. The van der Waals surface area contributed by atoms with Crippen LogP contribution in [0.1, 0.15) is 63.0 Å². The molecule has 0 amide bonds. The lowest BCUT2D eigenvalue weighted by atomic mass is 9.64. The van der Waals surface area contributed by atoms with Gasteiger partial charge in [0.05, 0.1) is 6.26 Å². The van der Waals surface area contributed by atoms with Crippen LogP contribution in [0.3, 0.4) is 0 Å². The Morgan fingerprint density at radius 2 is 2.04 bits per heavy atom.